The van der Waals surface area contributed by atoms with Crippen molar-refractivity contribution in [2.75, 3.05) is 18.5 Å². The highest BCUT2D eigenvalue weighted by molar-refractivity contribution is 6.37. The van der Waals surface area contributed by atoms with E-state index < -0.39 is 5.92 Å². The van der Waals surface area contributed by atoms with Crippen LogP contribution < -0.4 is 10.1 Å². The average Bonchev–Trinajstić information content (AvgIpc) is 3.00. The number of Topliss-reactive ketones (excluding diaryl/α,β-unsaturated/α-hetero) is 2. The molecule has 6 nitrogen and oxygen atoms in total. The number of hydrogen-bond acceptors (Lipinski definition) is 5. The number of rotatable bonds is 8. The van der Waals surface area contributed by atoms with E-state index in [0.717, 1.165) is 28.9 Å². The van der Waals surface area contributed by atoms with Gasteiger partial charge in [-0.3, -0.25) is 14.4 Å². The zero-order valence-corrected chi connectivity index (χ0v) is 30.6. The van der Waals surface area contributed by atoms with Gasteiger partial charge in [0, 0.05) is 53.5 Å². The topological polar surface area (TPSA) is 75.7 Å². The van der Waals surface area contributed by atoms with Gasteiger partial charge in [-0.25, -0.2) is 0 Å². The molecular weight excluding hydrogens is 655 g/mol. The van der Waals surface area contributed by atoms with Gasteiger partial charge < -0.3 is 15.0 Å². The zero-order chi connectivity index (χ0) is 35.2. The van der Waals surface area contributed by atoms with Crippen LogP contribution in [0.3, 0.4) is 0 Å². The van der Waals surface area contributed by atoms with Crippen molar-refractivity contribution >= 4 is 46.4 Å². The Kier molecular flexibility index (Phi) is 9.60. The van der Waals surface area contributed by atoms with Crippen molar-refractivity contribution in [1.29, 1.82) is 0 Å². The van der Waals surface area contributed by atoms with E-state index in [9.17, 15) is 14.4 Å². The van der Waals surface area contributed by atoms with E-state index in [2.05, 4.69) is 50.0 Å². The lowest BCUT2D eigenvalue weighted by molar-refractivity contribution is -0.120. The minimum Gasteiger partial charge on any atom is -0.481 e. The van der Waals surface area contributed by atoms with Gasteiger partial charge in [0.2, 0.25) is 0 Å². The Morgan fingerprint density at radius 2 is 1.41 bits per heavy atom. The first-order valence-corrected chi connectivity index (χ1v) is 17.7. The van der Waals surface area contributed by atoms with Crippen LogP contribution in [0.15, 0.2) is 83.2 Å². The van der Waals surface area contributed by atoms with Gasteiger partial charge in [0.15, 0.2) is 23.9 Å². The maximum atomic E-state index is 14.2. The SMILES string of the molecule is Cc1ccc(C)c(NC(=O)COc2c(Cl)cc(C3C4=C(CC(C)(C)CC4=O)N(CCc4ccccc4)C4=C3C(=O)CC(C)(C)C4)cc2Cl)c1. The molecule has 0 fully saturated rings. The summed E-state index contributed by atoms with van der Waals surface area (Å²) in [5.74, 6) is -0.675. The second kappa shape index (κ2) is 13.4. The van der Waals surface area contributed by atoms with Gasteiger partial charge in [-0.15, -0.1) is 0 Å². The number of aryl methyl sites for hydroxylation is 2. The molecule has 3 aromatic carbocycles. The zero-order valence-electron chi connectivity index (χ0n) is 29.1. The Bertz CT molecular complexity index is 1830. The third kappa shape index (κ3) is 7.36. The summed E-state index contributed by atoms with van der Waals surface area (Å²) in [6, 6.07) is 19.6. The van der Waals surface area contributed by atoms with Crippen LogP contribution in [0.5, 0.6) is 5.75 Å². The molecule has 0 bridgehead atoms. The first-order chi connectivity index (χ1) is 23.1. The molecule has 256 valence electrons. The standard InChI is InChI=1S/C41H44Cl2N2O4/c1-24-12-13-25(2)30(16-24)44-35(48)23-49-39-28(42)17-27(18-29(39)43)36-37-31(19-40(3,4)21-33(37)46)45(15-14-26-10-8-7-9-11-26)32-20-41(5,6)22-34(47)38(32)36/h7-13,16-18,36H,14-15,19-23H2,1-6H3,(H,44,48). The molecule has 0 atom stereocenters. The molecule has 0 radical (unpaired) electrons. The summed E-state index contributed by atoms with van der Waals surface area (Å²) >= 11 is 13.7. The van der Waals surface area contributed by atoms with Crippen molar-refractivity contribution in [2.45, 2.75) is 79.6 Å². The Labute approximate surface area is 299 Å². The quantitative estimate of drug-likeness (QED) is 0.254. The monoisotopic (exact) mass is 698 g/mol. The molecule has 1 aliphatic heterocycles. The summed E-state index contributed by atoms with van der Waals surface area (Å²) < 4.78 is 5.87. The van der Waals surface area contributed by atoms with E-state index >= 15 is 0 Å². The molecule has 0 saturated heterocycles. The summed E-state index contributed by atoms with van der Waals surface area (Å²) in [5.41, 5.74) is 7.38. The van der Waals surface area contributed by atoms with Gasteiger partial charge in [0.05, 0.1) is 10.0 Å². The molecule has 6 rings (SSSR count). The summed E-state index contributed by atoms with van der Waals surface area (Å²) in [7, 11) is 0. The van der Waals surface area contributed by atoms with Gasteiger partial charge in [0.25, 0.3) is 5.91 Å². The number of nitrogens with zero attached hydrogens (tertiary/aromatic N) is 1. The van der Waals surface area contributed by atoms with E-state index in [1.165, 1.54) is 5.56 Å². The molecular formula is C41H44Cl2N2O4. The van der Waals surface area contributed by atoms with Crippen molar-refractivity contribution in [3.05, 3.63) is 116 Å². The fraction of sp³-hybridized carbons (Fsp3) is 0.390. The van der Waals surface area contributed by atoms with Crippen LogP contribution in [-0.4, -0.2) is 35.5 Å². The number of anilines is 1. The lowest BCUT2D eigenvalue weighted by atomic mass is 9.63. The van der Waals surface area contributed by atoms with Gasteiger partial charge in [-0.2, -0.15) is 0 Å². The third-order valence-electron chi connectivity index (χ3n) is 9.86. The predicted octanol–water partition coefficient (Wildman–Crippen LogP) is 9.56. The highest BCUT2D eigenvalue weighted by Gasteiger charge is 2.49. The molecule has 0 spiro atoms. The fourth-order valence-corrected chi connectivity index (χ4v) is 8.23. The molecule has 3 aliphatic rings. The van der Waals surface area contributed by atoms with E-state index in [1.807, 2.05) is 50.2 Å². The Balaban J connectivity index is 1.38. The predicted molar refractivity (Wildman–Crippen MR) is 196 cm³/mol. The van der Waals surface area contributed by atoms with Crippen LogP contribution in [0.1, 0.15) is 81.5 Å². The molecule has 3 aromatic rings. The van der Waals surface area contributed by atoms with E-state index in [4.69, 9.17) is 27.9 Å². The molecule has 49 heavy (non-hydrogen) atoms. The Hall–Kier alpha value is -3.87. The molecule has 1 N–H and O–H groups in total. The van der Waals surface area contributed by atoms with Crippen LogP contribution >= 0.6 is 23.2 Å². The van der Waals surface area contributed by atoms with Gasteiger partial charge in [-0.05, 0) is 84.4 Å². The Morgan fingerprint density at radius 3 is 1.98 bits per heavy atom. The molecule has 8 heteroatoms. The number of nitrogens with one attached hydrogen (secondary N) is 1. The molecule has 0 saturated carbocycles. The number of carbonyl (C=O) groups excluding carboxylic acids is 3. The molecule has 0 aromatic heterocycles. The first-order valence-electron chi connectivity index (χ1n) is 17.0. The van der Waals surface area contributed by atoms with E-state index in [0.29, 0.717) is 54.6 Å². The number of carbonyl (C=O) groups is 3. The van der Waals surface area contributed by atoms with Crippen molar-refractivity contribution in [2.24, 2.45) is 10.8 Å². The lowest BCUT2D eigenvalue weighted by Crippen LogP contribution is -2.45. The number of ketones is 2. The number of benzene rings is 3. The van der Waals surface area contributed by atoms with E-state index in [1.54, 1.807) is 12.1 Å². The highest BCUT2D eigenvalue weighted by Crippen LogP contribution is 2.55. The number of amides is 1. The van der Waals surface area contributed by atoms with Gasteiger partial charge in [-0.1, -0.05) is 93.4 Å². The van der Waals surface area contributed by atoms with Gasteiger partial charge >= 0.3 is 0 Å². The second-order valence-electron chi connectivity index (χ2n) is 15.4. The Morgan fingerprint density at radius 1 is 0.837 bits per heavy atom. The number of halogens is 2. The second-order valence-corrected chi connectivity index (χ2v) is 16.2. The first kappa shape index (κ1) is 35.0. The summed E-state index contributed by atoms with van der Waals surface area (Å²) in [6.07, 6.45) is 2.97. The van der Waals surface area contributed by atoms with Crippen molar-refractivity contribution < 1.29 is 19.1 Å². The smallest absolute Gasteiger partial charge is 0.262 e. The van der Waals surface area contributed by atoms with Crippen LogP contribution in [0.2, 0.25) is 10.0 Å². The number of hydrogen-bond donors (Lipinski definition) is 1. The van der Waals surface area contributed by atoms with Crippen LogP contribution in [0, 0.1) is 24.7 Å². The molecule has 1 heterocycles. The van der Waals surface area contributed by atoms with Crippen molar-refractivity contribution in [3.8, 4) is 5.75 Å². The highest BCUT2D eigenvalue weighted by atomic mass is 35.5. The summed E-state index contributed by atoms with van der Waals surface area (Å²) in [5, 5.41) is 3.32. The minimum atomic E-state index is -0.596. The van der Waals surface area contributed by atoms with E-state index in [-0.39, 0.29) is 50.7 Å². The normalized spacial score (nSPS) is 18.7. The van der Waals surface area contributed by atoms with Crippen LogP contribution in [-0.2, 0) is 20.8 Å². The fourth-order valence-electron chi connectivity index (χ4n) is 7.62. The number of ether oxygens (including phenoxy) is 1. The van der Waals surface area contributed by atoms with Crippen molar-refractivity contribution in [3.63, 3.8) is 0 Å². The summed E-state index contributed by atoms with van der Waals surface area (Å²) in [6.45, 7) is 12.8. The van der Waals surface area contributed by atoms with Gasteiger partial charge in [0.1, 0.15) is 0 Å². The maximum Gasteiger partial charge on any atom is 0.262 e. The largest absolute Gasteiger partial charge is 0.481 e. The third-order valence-corrected chi connectivity index (χ3v) is 10.4. The van der Waals surface area contributed by atoms with Crippen molar-refractivity contribution in [1.82, 2.24) is 4.90 Å². The summed E-state index contributed by atoms with van der Waals surface area (Å²) in [4.78, 5) is 43.6. The van der Waals surface area contributed by atoms with Crippen LogP contribution in [0.25, 0.3) is 0 Å². The maximum absolute atomic E-state index is 14.2. The molecule has 0 unspecified atom stereocenters. The van der Waals surface area contributed by atoms with Crippen LogP contribution in [0.4, 0.5) is 5.69 Å². The average molecular weight is 700 g/mol. The molecule has 2 aliphatic carbocycles. The minimum absolute atomic E-state index is 0.0424. The molecule has 1 amide bonds. The lowest BCUT2D eigenvalue weighted by Gasteiger charge is -2.49. The number of allylic oxidation sites excluding steroid dienone is 4.